The van der Waals surface area contributed by atoms with Gasteiger partial charge in [0, 0.05) is 18.7 Å². The molecule has 28 heavy (non-hydrogen) atoms. The lowest BCUT2D eigenvalue weighted by Crippen LogP contribution is -2.44. The second-order valence-electron chi connectivity index (χ2n) is 8.20. The summed E-state index contributed by atoms with van der Waals surface area (Å²) in [7, 11) is 1.25. The van der Waals surface area contributed by atoms with Crippen molar-refractivity contribution in [2.75, 3.05) is 19.0 Å². The predicted octanol–water partition coefficient (Wildman–Crippen LogP) is 3.19. The smallest absolute Gasteiger partial charge is 0.410 e. The van der Waals surface area contributed by atoms with Crippen molar-refractivity contribution in [3.8, 4) is 0 Å². The van der Waals surface area contributed by atoms with Crippen LogP contribution in [0.15, 0.2) is 18.2 Å². The van der Waals surface area contributed by atoms with Crippen molar-refractivity contribution in [2.45, 2.75) is 51.3 Å². The van der Waals surface area contributed by atoms with E-state index in [4.69, 9.17) is 4.74 Å². The fourth-order valence-corrected chi connectivity index (χ4v) is 3.65. The first kappa shape index (κ1) is 19.9. The van der Waals surface area contributed by atoms with Gasteiger partial charge in [0.25, 0.3) is 5.69 Å². The van der Waals surface area contributed by atoms with Crippen LogP contribution < -0.4 is 5.32 Å². The Kier molecular flexibility index (Phi) is 5.18. The van der Waals surface area contributed by atoms with E-state index in [9.17, 15) is 19.7 Å². The van der Waals surface area contributed by atoms with Crippen LogP contribution in [0.4, 0.5) is 16.2 Å². The molecule has 1 aliphatic carbocycles. The molecule has 1 heterocycles. The minimum atomic E-state index is -0.588. The molecule has 1 amide bonds. The number of amides is 1. The number of ether oxygens (including phenoxy) is 2. The summed E-state index contributed by atoms with van der Waals surface area (Å²) in [5.74, 6) is -0.119. The van der Waals surface area contributed by atoms with E-state index in [2.05, 4.69) is 10.1 Å². The molecular weight excluding hydrogens is 366 g/mol. The number of nitrogens with one attached hydrogen (secondary N) is 1. The monoisotopic (exact) mass is 391 g/mol. The van der Waals surface area contributed by atoms with Crippen LogP contribution in [0, 0.1) is 16.0 Å². The number of hydrogen-bond donors (Lipinski definition) is 1. The lowest BCUT2D eigenvalue weighted by atomic mass is 10.1. The van der Waals surface area contributed by atoms with Crippen LogP contribution in [-0.4, -0.2) is 53.2 Å². The van der Waals surface area contributed by atoms with Gasteiger partial charge in [-0.1, -0.05) is 0 Å². The number of carbonyl (C=O) groups is 2. The fourth-order valence-electron chi connectivity index (χ4n) is 3.65. The van der Waals surface area contributed by atoms with E-state index in [0.717, 1.165) is 12.8 Å². The number of nitro benzene ring substituents is 1. The molecule has 3 unspecified atom stereocenters. The molecule has 2 fully saturated rings. The van der Waals surface area contributed by atoms with Gasteiger partial charge in [0.15, 0.2) is 0 Å². The molecular formula is C19H25N3O6. The van der Waals surface area contributed by atoms with Crippen molar-refractivity contribution in [1.82, 2.24) is 4.90 Å². The van der Waals surface area contributed by atoms with Gasteiger partial charge in [0.1, 0.15) is 11.3 Å². The van der Waals surface area contributed by atoms with E-state index in [0.29, 0.717) is 12.5 Å². The van der Waals surface area contributed by atoms with Gasteiger partial charge in [0.05, 0.1) is 23.6 Å². The Morgan fingerprint density at radius 1 is 1.32 bits per heavy atom. The highest BCUT2D eigenvalue weighted by atomic mass is 16.6. The Balaban J connectivity index is 1.74. The number of benzene rings is 1. The fraction of sp³-hybridized carbons (Fsp3) is 0.579. The molecule has 2 aliphatic rings. The van der Waals surface area contributed by atoms with Gasteiger partial charge in [-0.2, -0.15) is 0 Å². The van der Waals surface area contributed by atoms with Crippen molar-refractivity contribution in [1.29, 1.82) is 0 Å². The standard InChI is InChI=1S/C19H25N3O6/c1-19(2,3)28-18(24)21-13(7-12-9-16(12)21)10-20-14-8-11(17(23)27-4)5-6-15(14)22(25)26/h5-6,8,12-13,16,20H,7,9-10H2,1-4H3. The van der Waals surface area contributed by atoms with Gasteiger partial charge >= 0.3 is 12.1 Å². The Hall–Kier alpha value is -2.84. The van der Waals surface area contributed by atoms with Crippen molar-refractivity contribution in [3.63, 3.8) is 0 Å². The lowest BCUT2D eigenvalue weighted by molar-refractivity contribution is -0.384. The summed E-state index contributed by atoms with van der Waals surface area (Å²) in [6, 6.07) is 4.08. The largest absolute Gasteiger partial charge is 0.465 e. The Morgan fingerprint density at radius 3 is 2.64 bits per heavy atom. The van der Waals surface area contributed by atoms with Crippen molar-refractivity contribution in [2.24, 2.45) is 5.92 Å². The molecule has 0 bridgehead atoms. The normalized spacial score (nSPS) is 23.0. The van der Waals surface area contributed by atoms with Crippen LogP contribution in [-0.2, 0) is 9.47 Å². The van der Waals surface area contributed by atoms with E-state index in [1.807, 2.05) is 20.8 Å². The summed E-state index contributed by atoms with van der Waals surface area (Å²) in [6.45, 7) is 5.79. The Bertz CT molecular complexity index is 803. The van der Waals surface area contributed by atoms with Gasteiger partial charge in [-0.05, 0) is 51.7 Å². The SMILES string of the molecule is COC(=O)c1ccc([N+](=O)[O-])c(NCC2CC3CC3N2C(=O)OC(C)(C)C)c1. The van der Waals surface area contributed by atoms with Gasteiger partial charge in [-0.15, -0.1) is 0 Å². The lowest BCUT2D eigenvalue weighted by Gasteiger charge is -2.30. The summed E-state index contributed by atoms with van der Waals surface area (Å²) in [5, 5.41) is 14.4. The Labute approximate surface area is 163 Å². The van der Waals surface area contributed by atoms with Crippen molar-refractivity contribution >= 4 is 23.4 Å². The summed E-state index contributed by atoms with van der Waals surface area (Å²) >= 11 is 0. The third-order valence-corrected chi connectivity index (χ3v) is 4.96. The minimum absolute atomic E-state index is 0.125. The first-order chi connectivity index (χ1) is 13.1. The maximum atomic E-state index is 12.6. The quantitative estimate of drug-likeness (QED) is 0.466. The number of methoxy groups -OCH3 is 1. The number of piperidine rings is 1. The highest BCUT2D eigenvalue weighted by Gasteiger charge is 2.54. The molecule has 152 valence electrons. The summed E-state index contributed by atoms with van der Waals surface area (Å²) < 4.78 is 10.2. The Morgan fingerprint density at radius 2 is 2.04 bits per heavy atom. The molecule has 1 aliphatic heterocycles. The average Bonchev–Trinajstić information content (AvgIpc) is 3.27. The first-order valence-electron chi connectivity index (χ1n) is 9.22. The number of rotatable bonds is 5. The molecule has 0 radical (unpaired) electrons. The molecule has 1 aromatic carbocycles. The predicted molar refractivity (Wildman–Crippen MR) is 101 cm³/mol. The maximum absolute atomic E-state index is 12.6. The number of likely N-dealkylation sites (tertiary alicyclic amines) is 1. The number of carbonyl (C=O) groups excluding carboxylic acids is 2. The van der Waals surface area contributed by atoms with E-state index < -0.39 is 16.5 Å². The maximum Gasteiger partial charge on any atom is 0.410 e. The number of anilines is 1. The van der Waals surface area contributed by atoms with E-state index in [1.54, 1.807) is 4.90 Å². The number of fused-ring (bicyclic) bond motifs is 1. The number of esters is 1. The molecule has 9 nitrogen and oxygen atoms in total. The van der Waals surface area contributed by atoms with Crippen LogP contribution in [0.25, 0.3) is 0 Å². The molecule has 9 heteroatoms. The number of nitro groups is 1. The second-order valence-corrected chi connectivity index (χ2v) is 8.20. The van der Waals surface area contributed by atoms with Crippen LogP contribution in [0.2, 0.25) is 0 Å². The van der Waals surface area contributed by atoms with E-state index in [1.165, 1.54) is 25.3 Å². The zero-order valence-corrected chi connectivity index (χ0v) is 16.4. The molecule has 1 saturated carbocycles. The zero-order valence-electron chi connectivity index (χ0n) is 16.4. The molecule has 1 saturated heterocycles. The van der Waals surface area contributed by atoms with Crippen LogP contribution in [0.5, 0.6) is 0 Å². The van der Waals surface area contributed by atoms with Gasteiger partial charge in [-0.25, -0.2) is 9.59 Å². The topological polar surface area (TPSA) is 111 Å². The van der Waals surface area contributed by atoms with Crippen molar-refractivity contribution in [3.05, 3.63) is 33.9 Å². The van der Waals surface area contributed by atoms with E-state index in [-0.39, 0.29) is 35.1 Å². The first-order valence-corrected chi connectivity index (χ1v) is 9.22. The molecule has 0 aromatic heterocycles. The van der Waals surface area contributed by atoms with Crippen LogP contribution >= 0.6 is 0 Å². The van der Waals surface area contributed by atoms with Gasteiger partial charge < -0.3 is 19.7 Å². The van der Waals surface area contributed by atoms with Crippen LogP contribution in [0.3, 0.4) is 0 Å². The van der Waals surface area contributed by atoms with Gasteiger partial charge in [-0.3, -0.25) is 10.1 Å². The minimum Gasteiger partial charge on any atom is -0.465 e. The summed E-state index contributed by atoms with van der Waals surface area (Å²) in [4.78, 5) is 36.9. The molecule has 3 rings (SSSR count). The van der Waals surface area contributed by atoms with E-state index >= 15 is 0 Å². The number of hydrogen-bond acceptors (Lipinski definition) is 7. The third-order valence-electron chi connectivity index (χ3n) is 4.96. The summed E-state index contributed by atoms with van der Waals surface area (Å²) in [5.41, 5.74) is -0.290. The second kappa shape index (κ2) is 7.29. The van der Waals surface area contributed by atoms with Crippen LogP contribution in [0.1, 0.15) is 44.0 Å². The zero-order chi connectivity index (χ0) is 20.6. The molecule has 1 aromatic rings. The third kappa shape index (κ3) is 4.18. The average molecular weight is 391 g/mol. The highest BCUT2D eigenvalue weighted by Crippen LogP contribution is 2.48. The molecule has 0 spiro atoms. The van der Waals surface area contributed by atoms with Crippen molar-refractivity contribution < 1.29 is 24.0 Å². The molecule has 3 atom stereocenters. The van der Waals surface area contributed by atoms with Gasteiger partial charge in [0.2, 0.25) is 0 Å². The molecule has 1 N–H and O–H groups in total. The highest BCUT2D eigenvalue weighted by molar-refractivity contribution is 5.91. The summed E-state index contributed by atoms with van der Waals surface area (Å²) in [6.07, 6.45) is 1.43. The number of nitrogens with zero attached hydrogens (tertiary/aromatic N) is 2.